The summed E-state index contributed by atoms with van der Waals surface area (Å²) in [6.45, 7) is 8.13. The summed E-state index contributed by atoms with van der Waals surface area (Å²) in [5.41, 5.74) is 4.03. The lowest BCUT2D eigenvalue weighted by molar-refractivity contribution is -0.153. The third-order valence-electron chi connectivity index (χ3n) is 6.93. The number of aliphatic hydroxyl groups is 2. The minimum Gasteiger partial charge on any atom is -0.380 e. The summed E-state index contributed by atoms with van der Waals surface area (Å²) in [6, 6.07) is 15.7. The SMILES string of the molecule is Cc1nc2ccccc2n1CCC(C)(C)CCNC(=O)[C@H](O)[C@@H](O)C(=O)N1Cc2ccccc2C1. The van der Waals surface area contributed by atoms with Gasteiger partial charge in [-0.3, -0.25) is 9.59 Å². The molecule has 1 aromatic heterocycles. The first kappa shape index (κ1) is 24.9. The number of amides is 2. The summed E-state index contributed by atoms with van der Waals surface area (Å²) in [7, 11) is 0. The highest BCUT2D eigenvalue weighted by Gasteiger charge is 2.35. The number of nitrogens with one attached hydrogen (secondary N) is 1. The van der Waals surface area contributed by atoms with Crippen molar-refractivity contribution in [1.29, 1.82) is 0 Å². The predicted octanol–water partition coefficient (Wildman–Crippen LogP) is 2.53. The molecule has 0 unspecified atom stereocenters. The zero-order chi connectivity index (χ0) is 25.2. The van der Waals surface area contributed by atoms with Gasteiger partial charge >= 0.3 is 0 Å². The van der Waals surface area contributed by atoms with E-state index in [9.17, 15) is 19.8 Å². The Hall–Kier alpha value is -3.23. The molecule has 0 radical (unpaired) electrons. The van der Waals surface area contributed by atoms with E-state index >= 15 is 0 Å². The lowest BCUT2D eigenvalue weighted by atomic mass is 9.85. The van der Waals surface area contributed by atoms with Crippen molar-refractivity contribution >= 4 is 22.8 Å². The fraction of sp³-hybridized carbons (Fsp3) is 0.444. The van der Waals surface area contributed by atoms with Crippen molar-refractivity contribution in [3.8, 4) is 0 Å². The first-order valence-electron chi connectivity index (χ1n) is 12.1. The number of hydrogen-bond donors (Lipinski definition) is 3. The van der Waals surface area contributed by atoms with Gasteiger partial charge in [0.05, 0.1) is 11.0 Å². The Morgan fingerprint density at radius 1 is 1.00 bits per heavy atom. The molecule has 35 heavy (non-hydrogen) atoms. The van der Waals surface area contributed by atoms with E-state index in [4.69, 9.17) is 0 Å². The second-order valence-corrected chi connectivity index (χ2v) is 10.1. The van der Waals surface area contributed by atoms with Gasteiger partial charge in [0, 0.05) is 26.2 Å². The number of aromatic nitrogens is 2. The van der Waals surface area contributed by atoms with Crippen LogP contribution in [-0.4, -0.2) is 55.2 Å². The maximum Gasteiger partial charge on any atom is 0.255 e. The molecular formula is C27H34N4O4. The topological polar surface area (TPSA) is 108 Å². The van der Waals surface area contributed by atoms with Crippen LogP contribution >= 0.6 is 0 Å². The number of benzene rings is 2. The molecule has 0 spiro atoms. The van der Waals surface area contributed by atoms with Gasteiger partial charge in [0.2, 0.25) is 0 Å². The first-order valence-corrected chi connectivity index (χ1v) is 12.1. The summed E-state index contributed by atoms with van der Waals surface area (Å²) < 4.78 is 2.21. The van der Waals surface area contributed by atoms with Crippen molar-refractivity contribution < 1.29 is 19.8 Å². The number of aliphatic hydroxyl groups excluding tert-OH is 2. The molecule has 8 heteroatoms. The number of imidazole rings is 1. The zero-order valence-electron chi connectivity index (χ0n) is 20.6. The Labute approximate surface area is 205 Å². The molecule has 8 nitrogen and oxygen atoms in total. The summed E-state index contributed by atoms with van der Waals surface area (Å²) in [4.78, 5) is 31.1. The molecule has 0 aliphatic carbocycles. The summed E-state index contributed by atoms with van der Waals surface area (Å²) in [5.74, 6) is -0.417. The maximum absolute atomic E-state index is 12.6. The molecule has 1 aliphatic rings. The Morgan fingerprint density at radius 3 is 2.31 bits per heavy atom. The van der Waals surface area contributed by atoms with Crippen molar-refractivity contribution in [3.05, 3.63) is 65.5 Å². The quantitative estimate of drug-likeness (QED) is 0.438. The highest BCUT2D eigenvalue weighted by atomic mass is 16.3. The first-order chi connectivity index (χ1) is 16.7. The average molecular weight is 479 g/mol. The van der Waals surface area contributed by atoms with Crippen molar-refractivity contribution in [2.45, 2.75) is 65.5 Å². The molecule has 2 aromatic carbocycles. The van der Waals surface area contributed by atoms with Gasteiger partial charge in [-0.15, -0.1) is 0 Å². The largest absolute Gasteiger partial charge is 0.380 e. The van der Waals surface area contributed by atoms with Crippen molar-refractivity contribution in [3.63, 3.8) is 0 Å². The van der Waals surface area contributed by atoms with Crippen molar-refractivity contribution in [2.75, 3.05) is 6.54 Å². The van der Waals surface area contributed by atoms with E-state index in [1.165, 1.54) is 4.90 Å². The molecule has 2 heterocycles. The Balaban J connectivity index is 1.24. The molecular weight excluding hydrogens is 444 g/mol. The molecule has 0 bridgehead atoms. The Morgan fingerprint density at radius 2 is 1.63 bits per heavy atom. The van der Waals surface area contributed by atoms with Crippen LogP contribution < -0.4 is 5.32 Å². The number of fused-ring (bicyclic) bond motifs is 2. The third-order valence-corrected chi connectivity index (χ3v) is 6.93. The number of para-hydroxylation sites is 2. The molecule has 2 atom stereocenters. The molecule has 0 fully saturated rings. The zero-order valence-corrected chi connectivity index (χ0v) is 20.6. The van der Waals surface area contributed by atoms with Crippen LogP contribution in [0.3, 0.4) is 0 Å². The Bertz CT molecular complexity index is 1190. The molecule has 186 valence electrons. The number of nitrogens with zero attached hydrogens (tertiary/aromatic N) is 3. The number of carbonyl (C=O) groups excluding carboxylic acids is 2. The molecule has 2 amide bonds. The summed E-state index contributed by atoms with van der Waals surface area (Å²) in [6.07, 6.45) is -2.05. The smallest absolute Gasteiger partial charge is 0.255 e. The van der Waals surface area contributed by atoms with E-state index in [0.29, 0.717) is 26.1 Å². The van der Waals surface area contributed by atoms with Crippen molar-refractivity contribution in [1.82, 2.24) is 19.8 Å². The van der Waals surface area contributed by atoms with Gasteiger partial charge in [-0.05, 0) is 48.4 Å². The number of rotatable bonds is 9. The van der Waals surface area contributed by atoms with Gasteiger partial charge in [0.15, 0.2) is 12.2 Å². The van der Waals surface area contributed by atoms with Gasteiger partial charge in [0.25, 0.3) is 11.8 Å². The highest BCUT2D eigenvalue weighted by Crippen LogP contribution is 2.27. The molecule has 1 aliphatic heterocycles. The minimum absolute atomic E-state index is 0.0776. The average Bonchev–Trinajstić information content (AvgIpc) is 3.41. The second kappa shape index (κ2) is 10.2. The van der Waals surface area contributed by atoms with E-state index in [1.807, 2.05) is 49.4 Å². The van der Waals surface area contributed by atoms with Crippen LogP contribution in [0.2, 0.25) is 0 Å². The van der Waals surface area contributed by atoms with E-state index in [2.05, 4.69) is 34.8 Å². The van der Waals surface area contributed by atoms with Crippen LogP contribution in [0, 0.1) is 12.3 Å². The number of aryl methyl sites for hydroxylation is 2. The van der Waals surface area contributed by atoms with Crippen LogP contribution in [0.15, 0.2) is 48.5 Å². The Kier molecular flexibility index (Phi) is 7.23. The summed E-state index contributed by atoms with van der Waals surface area (Å²) in [5, 5.41) is 23.3. The van der Waals surface area contributed by atoms with Crippen LogP contribution in [0.5, 0.6) is 0 Å². The van der Waals surface area contributed by atoms with Crippen LogP contribution in [0.1, 0.15) is 43.6 Å². The molecule has 3 N–H and O–H groups in total. The van der Waals surface area contributed by atoms with E-state index in [0.717, 1.165) is 41.0 Å². The summed E-state index contributed by atoms with van der Waals surface area (Å²) >= 11 is 0. The van der Waals surface area contributed by atoms with Gasteiger partial charge in [-0.2, -0.15) is 0 Å². The van der Waals surface area contributed by atoms with Gasteiger partial charge in [-0.1, -0.05) is 50.2 Å². The predicted molar refractivity (Wildman–Crippen MR) is 133 cm³/mol. The molecule has 4 rings (SSSR count). The van der Waals surface area contributed by atoms with Gasteiger partial charge in [0.1, 0.15) is 5.82 Å². The molecule has 0 saturated heterocycles. The van der Waals surface area contributed by atoms with E-state index in [-0.39, 0.29) is 5.41 Å². The molecule has 3 aromatic rings. The maximum atomic E-state index is 12.6. The highest BCUT2D eigenvalue weighted by molar-refractivity contribution is 5.90. The lowest BCUT2D eigenvalue weighted by Gasteiger charge is -2.26. The monoisotopic (exact) mass is 478 g/mol. The van der Waals surface area contributed by atoms with Crippen LogP contribution in [-0.2, 0) is 29.2 Å². The van der Waals surface area contributed by atoms with E-state index in [1.54, 1.807) is 0 Å². The number of hydrogen-bond acceptors (Lipinski definition) is 5. The minimum atomic E-state index is -1.81. The standard InChI is InChI=1S/C27H34N4O4/c1-18-29-21-10-6-7-11-22(21)31(18)15-13-27(2,3)12-14-28-25(34)23(32)24(33)26(35)30-16-19-8-4-5-9-20(19)17-30/h4-11,23-24,32-33H,12-17H2,1-3H3,(H,28,34)/t23-,24-/m1/s1. The fourth-order valence-corrected chi connectivity index (χ4v) is 4.60. The van der Waals surface area contributed by atoms with Crippen LogP contribution in [0.25, 0.3) is 11.0 Å². The second-order valence-electron chi connectivity index (χ2n) is 10.1. The van der Waals surface area contributed by atoms with Gasteiger partial charge < -0.3 is 25.0 Å². The third kappa shape index (κ3) is 5.55. The van der Waals surface area contributed by atoms with Crippen LogP contribution in [0.4, 0.5) is 0 Å². The van der Waals surface area contributed by atoms with Gasteiger partial charge in [-0.25, -0.2) is 4.98 Å². The van der Waals surface area contributed by atoms with E-state index < -0.39 is 24.0 Å². The fourth-order valence-electron chi connectivity index (χ4n) is 4.60. The normalized spacial score (nSPS) is 15.2. The molecule has 0 saturated carbocycles. The number of carbonyl (C=O) groups is 2. The van der Waals surface area contributed by atoms with Crippen molar-refractivity contribution in [2.24, 2.45) is 5.41 Å². The lowest BCUT2D eigenvalue weighted by Crippen LogP contribution is -2.50.